The van der Waals surface area contributed by atoms with Gasteiger partial charge in [-0.1, -0.05) is 18.2 Å². The standard InChI is InChI=1S/C20H23FN2O2/c1-14-11-15(8-9-22-14)12-20(25)23-10-4-7-19(24)18(23)13-16-5-2-3-6-17(16)21/h2-3,5-6,8-9,11,18-19,24H,4,7,10,12-13H2,1H3/t18-,19-/m0/s1. The summed E-state index contributed by atoms with van der Waals surface area (Å²) in [5.41, 5.74) is 2.31. The number of halogens is 1. The molecule has 0 unspecified atom stereocenters. The van der Waals surface area contributed by atoms with Crippen LogP contribution in [-0.4, -0.2) is 39.6 Å². The number of aromatic nitrogens is 1. The topological polar surface area (TPSA) is 53.4 Å². The molecule has 1 aliphatic heterocycles. The van der Waals surface area contributed by atoms with Gasteiger partial charge in [-0.15, -0.1) is 0 Å². The van der Waals surface area contributed by atoms with Crippen LogP contribution in [0, 0.1) is 12.7 Å². The minimum absolute atomic E-state index is 0.0364. The van der Waals surface area contributed by atoms with Gasteiger partial charge in [0, 0.05) is 18.4 Å². The van der Waals surface area contributed by atoms with Crippen LogP contribution in [0.5, 0.6) is 0 Å². The average Bonchev–Trinajstić information content (AvgIpc) is 2.58. The third kappa shape index (κ3) is 4.23. The van der Waals surface area contributed by atoms with Gasteiger partial charge in [0.2, 0.25) is 5.91 Å². The van der Waals surface area contributed by atoms with Crippen molar-refractivity contribution in [1.82, 2.24) is 9.88 Å². The molecule has 1 N–H and O–H groups in total. The van der Waals surface area contributed by atoms with E-state index >= 15 is 0 Å². The van der Waals surface area contributed by atoms with E-state index < -0.39 is 6.10 Å². The quantitative estimate of drug-likeness (QED) is 0.929. The Balaban J connectivity index is 1.77. The number of hydrogen-bond donors (Lipinski definition) is 1. The van der Waals surface area contributed by atoms with Crippen molar-refractivity contribution in [2.45, 2.75) is 44.8 Å². The smallest absolute Gasteiger partial charge is 0.227 e. The van der Waals surface area contributed by atoms with Crippen molar-refractivity contribution >= 4 is 5.91 Å². The SMILES string of the molecule is Cc1cc(CC(=O)N2CCC[C@H](O)[C@@H]2Cc2ccccc2F)ccn1. The van der Waals surface area contributed by atoms with E-state index in [1.54, 1.807) is 29.3 Å². The van der Waals surface area contributed by atoms with Crippen molar-refractivity contribution < 1.29 is 14.3 Å². The molecular weight excluding hydrogens is 319 g/mol. The summed E-state index contributed by atoms with van der Waals surface area (Å²) in [7, 11) is 0. The molecule has 0 bridgehead atoms. The van der Waals surface area contributed by atoms with Gasteiger partial charge in [0.15, 0.2) is 0 Å². The van der Waals surface area contributed by atoms with Crippen LogP contribution in [-0.2, 0) is 17.6 Å². The first kappa shape index (κ1) is 17.5. The number of aliphatic hydroxyl groups excluding tert-OH is 1. The molecule has 2 aromatic rings. The van der Waals surface area contributed by atoms with E-state index in [-0.39, 0.29) is 24.2 Å². The zero-order valence-electron chi connectivity index (χ0n) is 14.4. The van der Waals surface area contributed by atoms with Crippen LogP contribution in [0.3, 0.4) is 0 Å². The monoisotopic (exact) mass is 342 g/mol. The second-order valence-corrected chi connectivity index (χ2v) is 6.64. The second kappa shape index (κ2) is 7.74. The van der Waals surface area contributed by atoms with Crippen molar-refractivity contribution in [1.29, 1.82) is 0 Å². The molecule has 1 fully saturated rings. The fraction of sp³-hybridized carbons (Fsp3) is 0.400. The number of pyridine rings is 1. The summed E-state index contributed by atoms with van der Waals surface area (Å²) in [4.78, 5) is 18.7. The maximum absolute atomic E-state index is 14.0. The number of hydrogen-bond acceptors (Lipinski definition) is 3. The molecule has 1 aliphatic rings. The van der Waals surface area contributed by atoms with E-state index in [9.17, 15) is 14.3 Å². The highest BCUT2D eigenvalue weighted by Gasteiger charge is 2.33. The molecule has 3 rings (SSSR count). The molecule has 0 radical (unpaired) electrons. The third-order valence-electron chi connectivity index (χ3n) is 4.77. The van der Waals surface area contributed by atoms with Crippen LogP contribution >= 0.6 is 0 Å². The van der Waals surface area contributed by atoms with Crippen molar-refractivity contribution in [3.8, 4) is 0 Å². The van der Waals surface area contributed by atoms with Gasteiger partial charge in [-0.3, -0.25) is 9.78 Å². The van der Waals surface area contributed by atoms with Gasteiger partial charge in [0.1, 0.15) is 5.82 Å². The van der Waals surface area contributed by atoms with Crippen LogP contribution in [0.2, 0.25) is 0 Å². The molecule has 1 aromatic heterocycles. The molecule has 25 heavy (non-hydrogen) atoms. The zero-order valence-corrected chi connectivity index (χ0v) is 14.4. The Morgan fingerprint density at radius 2 is 2.16 bits per heavy atom. The molecule has 1 saturated heterocycles. The van der Waals surface area contributed by atoms with E-state index in [4.69, 9.17) is 0 Å². The number of likely N-dealkylation sites (tertiary alicyclic amines) is 1. The van der Waals surface area contributed by atoms with Gasteiger partial charge in [-0.05, 0) is 55.5 Å². The first-order chi connectivity index (χ1) is 12.0. The maximum Gasteiger partial charge on any atom is 0.227 e. The lowest BCUT2D eigenvalue weighted by molar-refractivity contribution is -0.138. The van der Waals surface area contributed by atoms with Crippen molar-refractivity contribution in [3.63, 3.8) is 0 Å². The maximum atomic E-state index is 14.0. The summed E-state index contributed by atoms with van der Waals surface area (Å²) in [6, 6.07) is 9.88. The Hall–Kier alpha value is -2.27. The molecule has 2 heterocycles. The first-order valence-electron chi connectivity index (χ1n) is 8.67. The fourth-order valence-corrected chi connectivity index (χ4v) is 3.47. The van der Waals surface area contributed by atoms with E-state index in [0.717, 1.165) is 17.7 Å². The second-order valence-electron chi connectivity index (χ2n) is 6.64. The highest BCUT2D eigenvalue weighted by atomic mass is 19.1. The summed E-state index contributed by atoms with van der Waals surface area (Å²) >= 11 is 0. The predicted octanol–water partition coefficient (Wildman–Crippen LogP) is 2.67. The Kier molecular flexibility index (Phi) is 5.43. The molecule has 132 valence electrons. The number of carbonyl (C=O) groups excluding carboxylic acids is 1. The summed E-state index contributed by atoms with van der Waals surface area (Å²) in [6.07, 6.45) is 3.06. The summed E-state index contributed by atoms with van der Waals surface area (Å²) in [5.74, 6) is -0.330. The molecule has 5 heteroatoms. The van der Waals surface area contributed by atoms with Crippen molar-refractivity contribution in [3.05, 3.63) is 65.2 Å². The Morgan fingerprint density at radius 1 is 1.36 bits per heavy atom. The minimum Gasteiger partial charge on any atom is -0.391 e. The third-order valence-corrected chi connectivity index (χ3v) is 4.77. The van der Waals surface area contributed by atoms with Crippen LogP contribution in [0.25, 0.3) is 0 Å². The van der Waals surface area contributed by atoms with Gasteiger partial charge < -0.3 is 10.0 Å². The first-order valence-corrected chi connectivity index (χ1v) is 8.67. The number of aryl methyl sites for hydroxylation is 1. The zero-order chi connectivity index (χ0) is 17.8. The molecule has 1 amide bonds. The van der Waals surface area contributed by atoms with E-state index in [0.29, 0.717) is 24.9 Å². The average molecular weight is 342 g/mol. The molecule has 1 aromatic carbocycles. The molecule has 0 aliphatic carbocycles. The number of carbonyl (C=O) groups is 1. The van der Waals surface area contributed by atoms with Crippen molar-refractivity contribution in [2.24, 2.45) is 0 Å². The number of amides is 1. The van der Waals surface area contributed by atoms with Crippen LogP contribution < -0.4 is 0 Å². The number of benzene rings is 1. The largest absolute Gasteiger partial charge is 0.391 e. The van der Waals surface area contributed by atoms with Gasteiger partial charge in [-0.2, -0.15) is 0 Å². The lowest BCUT2D eigenvalue weighted by Gasteiger charge is -2.39. The lowest BCUT2D eigenvalue weighted by Crippen LogP contribution is -2.52. The summed E-state index contributed by atoms with van der Waals surface area (Å²) < 4.78 is 14.0. The number of piperidine rings is 1. The molecule has 0 saturated carbocycles. The summed E-state index contributed by atoms with van der Waals surface area (Å²) in [6.45, 7) is 2.48. The van der Waals surface area contributed by atoms with E-state index in [1.165, 1.54) is 6.07 Å². The fourth-order valence-electron chi connectivity index (χ4n) is 3.47. The predicted molar refractivity (Wildman–Crippen MR) is 93.5 cm³/mol. The number of rotatable bonds is 4. The number of nitrogens with zero attached hydrogens (tertiary/aromatic N) is 2. The van der Waals surface area contributed by atoms with Gasteiger partial charge >= 0.3 is 0 Å². The van der Waals surface area contributed by atoms with E-state index in [2.05, 4.69) is 4.98 Å². The van der Waals surface area contributed by atoms with Crippen LogP contribution in [0.15, 0.2) is 42.6 Å². The highest BCUT2D eigenvalue weighted by Crippen LogP contribution is 2.23. The highest BCUT2D eigenvalue weighted by molar-refractivity contribution is 5.79. The summed E-state index contributed by atoms with van der Waals surface area (Å²) in [5, 5.41) is 10.4. The van der Waals surface area contributed by atoms with Crippen LogP contribution in [0.1, 0.15) is 29.7 Å². The van der Waals surface area contributed by atoms with Crippen molar-refractivity contribution in [2.75, 3.05) is 6.54 Å². The van der Waals surface area contributed by atoms with Gasteiger partial charge in [0.05, 0.1) is 18.6 Å². The Labute approximate surface area is 147 Å². The normalized spacial score (nSPS) is 20.5. The molecule has 4 nitrogen and oxygen atoms in total. The molecule has 2 atom stereocenters. The van der Waals surface area contributed by atoms with Gasteiger partial charge in [0.25, 0.3) is 0 Å². The number of aliphatic hydroxyl groups is 1. The minimum atomic E-state index is -0.628. The Morgan fingerprint density at radius 3 is 2.92 bits per heavy atom. The van der Waals surface area contributed by atoms with Crippen LogP contribution in [0.4, 0.5) is 4.39 Å². The molecule has 0 spiro atoms. The Bertz CT molecular complexity index is 750. The van der Waals surface area contributed by atoms with Gasteiger partial charge in [-0.25, -0.2) is 4.39 Å². The molecular formula is C20H23FN2O2. The lowest BCUT2D eigenvalue weighted by atomic mass is 9.92. The van der Waals surface area contributed by atoms with E-state index in [1.807, 2.05) is 19.1 Å².